The van der Waals surface area contributed by atoms with Crippen molar-refractivity contribution in [1.29, 1.82) is 0 Å². The second-order valence-electron chi connectivity index (χ2n) is 6.98. The van der Waals surface area contributed by atoms with E-state index in [1.807, 2.05) is 43.0 Å². The topological polar surface area (TPSA) is 46.3 Å². The quantitative estimate of drug-likeness (QED) is 0.913. The average Bonchev–Trinajstić information content (AvgIpc) is 3.01. The van der Waals surface area contributed by atoms with Gasteiger partial charge >= 0.3 is 0 Å². The molecule has 2 fully saturated rings. The highest BCUT2D eigenvalue weighted by atomic mass is 35.5. The van der Waals surface area contributed by atoms with E-state index < -0.39 is 5.41 Å². The number of nitrogens with two attached hydrogens (primary N) is 1. The summed E-state index contributed by atoms with van der Waals surface area (Å²) < 4.78 is 0. The lowest BCUT2D eigenvalue weighted by atomic mass is 9.83. The largest absolute Gasteiger partial charge is 0.341 e. The summed E-state index contributed by atoms with van der Waals surface area (Å²) in [5.41, 5.74) is 6.47. The second-order valence-corrected chi connectivity index (χ2v) is 7.39. The van der Waals surface area contributed by atoms with E-state index in [4.69, 9.17) is 17.3 Å². The molecule has 3 rings (SSSR count). The van der Waals surface area contributed by atoms with E-state index in [2.05, 4.69) is 0 Å². The number of likely N-dealkylation sites (tertiary alicyclic amines) is 1. The van der Waals surface area contributed by atoms with E-state index in [-0.39, 0.29) is 11.9 Å². The third-order valence-corrected chi connectivity index (χ3v) is 5.61. The predicted octanol–water partition coefficient (Wildman–Crippen LogP) is 2.81. The second kappa shape index (κ2) is 5.29. The molecule has 1 saturated carbocycles. The molecule has 1 aliphatic carbocycles. The van der Waals surface area contributed by atoms with Crippen molar-refractivity contribution < 1.29 is 4.79 Å². The van der Waals surface area contributed by atoms with Gasteiger partial charge in [0.1, 0.15) is 0 Å². The summed E-state index contributed by atoms with van der Waals surface area (Å²) in [6, 6.07) is 7.89. The number of hydrogen-bond donors (Lipinski definition) is 1. The van der Waals surface area contributed by atoms with Crippen LogP contribution in [-0.2, 0) is 10.2 Å². The molecular formula is C17H23ClN2O. The van der Waals surface area contributed by atoms with Crippen molar-refractivity contribution in [1.82, 2.24) is 4.90 Å². The Hall–Kier alpha value is -1.06. The van der Waals surface area contributed by atoms with Crippen LogP contribution in [0.1, 0.15) is 32.3 Å². The fraction of sp³-hybridized carbons (Fsp3) is 0.588. The monoisotopic (exact) mass is 306 g/mol. The first kappa shape index (κ1) is 14.9. The number of carbonyl (C=O) groups is 1. The van der Waals surface area contributed by atoms with E-state index in [1.54, 1.807) is 0 Å². The normalized spacial score (nSPS) is 28.8. The maximum atomic E-state index is 13.0. The van der Waals surface area contributed by atoms with E-state index in [1.165, 1.54) is 0 Å². The first-order valence-corrected chi connectivity index (χ1v) is 8.09. The molecule has 1 saturated heterocycles. The lowest BCUT2D eigenvalue weighted by Crippen LogP contribution is -2.43. The summed E-state index contributed by atoms with van der Waals surface area (Å²) in [5, 5.41) is 0.659. The van der Waals surface area contributed by atoms with Crippen molar-refractivity contribution in [3.05, 3.63) is 34.9 Å². The lowest BCUT2D eigenvalue weighted by Gasteiger charge is -2.31. The summed E-state index contributed by atoms with van der Waals surface area (Å²) in [5.74, 6) is 1.24. The van der Waals surface area contributed by atoms with Gasteiger partial charge in [-0.15, -0.1) is 0 Å². The number of benzene rings is 1. The van der Waals surface area contributed by atoms with Crippen molar-refractivity contribution >= 4 is 17.5 Å². The standard InChI is InChI=1S/C17H23ClN2O/c1-17(2,13-5-3-4-6-14(13)18)16(21)20-9-11-7-8-15(19)12(11)10-20/h3-6,11-12,15H,7-10,19H2,1-2H3. The summed E-state index contributed by atoms with van der Waals surface area (Å²) in [4.78, 5) is 15.0. The van der Waals surface area contributed by atoms with Crippen LogP contribution in [0.3, 0.4) is 0 Å². The fourth-order valence-corrected chi connectivity index (χ4v) is 4.32. The molecule has 1 heterocycles. The molecule has 1 aromatic rings. The van der Waals surface area contributed by atoms with Gasteiger partial charge in [-0.3, -0.25) is 4.79 Å². The molecule has 2 aliphatic rings. The highest BCUT2D eigenvalue weighted by molar-refractivity contribution is 6.31. The van der Waals surface area contributed by atoms with Gasteiger partial charge < -0.3 is 10.6 Å². The van der Waals surface area contributed by atoms with Crippen molar-refractivity contribution in [2.24, 2.45) is 17.6 Å². The number of hydrogen-bond acceptors (Lipinski definition) is 2. The Labute approximate surface area is 131 Å². The Morgan fingerprint density at radius 1 is 1.29 bits per heavy atom. The Bertz CT molecular complexity index is 557. The van der Waals surface area contributed by atoms with Crippen molar-refractivity contribution in [2.45, 2.75) is 38.1 Å². The summed E-state index contributed by atoms with van der Waals surface area (Å²) in [6.07, 6.45) is 2.26. The molecule has 0 bridgehead atoms. The van der Waals surface area contributed by atoms with Gasteiger partial charge in [0.25, 0.3) is 0 Å². The first-order valence-electron chi connectivity index (χ1n) is 7.71. The molecule has 0 radical (unpaired) electrons. The van der Waals surface area contributed by atoms with E-state index >= 15 is 0 Å². The zero-order valence-electron chi connectivity index (χ0n) is 12.7. The fourth-order valence-electron chi connectivity index (χ4n) is 3.95. The first-order chi connectivity index (χ1) is 9.91. The number of nitrogens with zero attached hydrogens (tertiary/aromatic N) is 1. The third kappa shape index (κ3) is 2.47. The van der Waals surface area contributed by atoms with Crippen LogP contribution in [-0.4, -0.2) is 29.9 Å². The maximum Gasteiger partial charge on any atom is 0.232 e. The molecule has 3 atom stereocenters. The highest BCUT2D eigenvalue weighted by Gasteiger charge is 2.45. The third-order valence-electron chi connectivity index (χ3n) is 5.28. The summed E-state index contributed by atoms with van der Waals surface area (Å²) in [6.45, 7) is 5.58. The SMILES string of the molecule is CC(C)(C(=O)N1CC2CCC(N)C2C1)c1ccccc1Cl. The van der Waals surface area contributed by atoms with Gasteiger partial charge in [-0.1, -0.05) is 29.8 Å². The zero-order valence-corrected chi connectivity index (χ0v) is 13.4. The minimum absolute atomic E-state index is 0.164. The van der Waals surface area contributed by atoms with Crippen LogP contribution in [0, 0.1) is 11.8 Å². The van der Waals surface area contributed by atoms with Gasteiger partial charge in [0, 0.05) is 24.2 Å². The van der Waals surface area contributed by atoms with Gasteiger partial charge in [-0.25, -0.2) is 0 Å². The Balaban J connectivity index is 1.81. The van der Waals surface area contributed by atoms with Crippen molar-refractivity contribution in [3.8, 4) is 0 Å². The van der Waals surface area contributed by atoms with Crippen LogP contribution in [0.25, 0.3) is 0 Å². The van der Waals surface area contributed by atoms with Gasteiger partial charge in [0.15, 0.2) is 0 Å². The van der Waals surface area contributed by atoms with Crippen LogP contribution in [0.4, 0.5) is 0 Å². The van der Waals surface area contributed by atoms with Crippen LogP contribution in [0.15, 0.2) is 24.3 Å². The van der Waals surface area contributed by atoms with Gasteiger partial charge in [-0.05, 0) is 50.2 Å². The maximum absolute atomic E-state index is 13.0. The molecule has 114 valence electrons. The molecule has 21 heavy (non-hydrogen) atoms. The molecule has 3 nitrogen and oxygen atoms in total. The zero-order chi connectivity index (χ0) is 15.2. The van der Waals surface area contributed by atoms with E-state index in [9.17, 15) is 4.79 Å². The molecule has 3 unspecified atom stereocenters. The Morgan fingerprint density at radius 2 is 2.00 bits per heavy atom. The van der Waals surface area contributed by atoms with Crippen LogP contribution in [0.2, 0.25) is 5.02 Å². The molecule has 1 aromatic carbocycles. The Kier molecular flexibility index (Phi) is 3.74. The average molecular weight is 307 g/mol. The van der Waals surface area contributed by atoms with Gasteiger partial charge in [-0.2, -0.15) is 0 Å². The summed E-state index contributed by atoms with van der Waals surface area (Å²) in [7, 11) is 0. The number of amides is 1. The van der Waals surface area contributed by atoms with E-state index in [0.717, 1.165) is 31.5 Å². The van der Waals surface area contributed by atoms with Crippen molar-refractivity contribution in [2.75, 3.05) is 13.1 Å². The predicted molar refractivity (Wildman–Crippen MR) is 85.2 cm³/mol. The van der Waals surface area contributed by atoms with Gasteiger partial charge in [0.2, 0.25) is 5.91 Å². The van der Waals surface area contributed by atoms with Crippen LogP contribution < -0.4 is 5.73 Å². The minimum atomic E-state index is -0.596. The van der Waals surface area contributed by atoms with Crippen LogP contribution in [0.5, 0.6) is 0 Å². The number of halogens is 1. The molecular weight excluding hydrogens is 284 g/mol. The number of fused-ring (bicyclic) bond motifs is 1. The Morgan fingerprint density at radius 3 is 2.67 bits per heavy atom. The lowest BCUT2D eigenvalue weighted by molar-refractivity contribution is -0.135. The van der Waals surface area contributed by atoms with Crippen molar-refractivity contribution in [3.63, 3.8) is 0 Å². The molecule has 2 N–H and O–H groups in total. The molecule has 0 spiro atoms. The molecule has 4 heteroatoms. The molecule has 0 aromatic heterocycles. The van der Waals surface area contributed by atoms with Gasteiger partial charge in [0.05, 0.1) is 5.41 Å². The number of rotatable bonds is 2. The smallest absolute Gasteiger partial charge is 0.232 e. The molecule has 1 amide bonds. The van der Waals surface area contributed by atoms with E-state index in [0.29, 0.717) is 16.9 Å². The summed E-state index contributed by atoms with van der Waals surface area (Å²) >= 11 is 6.29. The molecule has 1 aliphatic heterocycles. The number of carbonyl (C=O) groups excluding carboxylic acids is 1. The minimum Gasteiger partial charge on any atom is -0.341 e. The highest BCUT2D eigenvalue weighted by Crippen LogP contribution is 2.40. The van der Waals surface area contributed by atoms with Crippen LogP contribution >= 0.6 is 11.6 Å².